The van der Waals surface area contributed by atoms with Gasteiger partial charge in [0.05, 0.1) is 11.2 Å². The lowest BCUT2D eigenvalue weighted by molar-refractivity contribution is 1.40. The van der Waals surface area contributed by atoms with E-state index in [1.54, 1.807) is 0 Å². The molecular weight excluding hydrogens is 232 g/mol. The van der Waals surface area contributed by atoms with Crippen molar-refractivity contribution in [2.45, 2.75) is 0 Å². The number of hydrogen-bond donors (Lipinski definition) is 1. The van der Waals surface area contributed by atoms with Crippen molar-refractivity contribution in [1.82, 2.24) is 9.97 Å². The Hall–Kier alpha value is -2.61. The Bertz CT molecular complexity index is 874. The molecule has 0 spiro atoms. The molecule has 0 fully saturated rings. The SMILES string of the molecule is c1ccc2nc(-c3c[nH]c4ccccc34)ccc2c1. The van der Waals surface area contributed by atoms with E-state index in [-0.39, 0.29) is 0 Å². The zero-order valence-corrected chi connectivity index (χ0v) is 10.3. The summed E-state index contributed by atoms with van der Waals surface area (Å²) in [6, 6.07) is 20.7. The lowest BCUT2D eigenvalue weighted by atomic mass is 10.1. The van der Waals surface area contributed by atoms with Gasteiger partial charge < -0.3 is 4.98 Å². The molecule has 0 aliphatic carbocycles. The highest BCUT2D eigenvalue weighted by atomic mass is 14.7. The van der Waals surface area contributed by atoms with Crippen LogP contribution in [0, 0.1) is 0 Å². The second-order valence-electron chi connectivity index (χ2n) is 4.64. The predicted octanol–water partition coefficient (Wildman–Crippen LogP) is 4.38. The molecule has 2 heteroatoms. The Labute approximate surface area is 110 Å². The van der Waals surface area contributed by atoms with Crippen molar-refractivity contribution in [3.05, 3.63) is 66.9 Å². The van der Waals surface area contributed by atoms with Crippen molar-refractivity contribution >= 4 is 21.8 Å². The van der Waals surface area contributed by atoms with E-state index in [4.69, 9.17) is 4.98 Å². The van der Waals surface area contributed by atoms with E-state index in [2.05, 4.69) is 41.4 Å². The number of pyridine rings is 1. The number of nitrogens with one attached hydrogen (secondary N) is 1. The van der Waals surface area contributed by atoms with Crippen molar-refractivity contribution in [3.63, 3.8) is 0 Å². The second kappa shape index (κ2) is 3.95. The van der Waals surface area contributed by atoms with Crippen molar-refractivity contribution in [2.24, 2.45) is 0 Å². The minimum atomic E-state index is 1.01. The van der Waals surface area contributed by atoms with E-state index in [0.29, 0.717) is 0 Å². The lowest BCUT2D eigenvalue weighted by Gasteiger charge is -2.01. The summed E-state index contributed by atoms with van der Waals surface area (Å²) < 4.78 is 0. The van der Waals surface area contributed by atoms with Gasteiger partial charge >= 0.3 is 0 Å². The number of hydrogen-bond acceptors (Lipinski definition) is 1. The summed E-state index contributed by atoms with van der Waals surface area (Å²) in [5.41, 5.74) is 4.34. The largest absolute Gasteiger partial charge is 0.360 e. The first-order chi connectivity index (χ1) is 9.42. The molecule has 0 amide bonds. The van der Waals surface area contributed by atoms with E-state index < -0.39 is 0 Å². The van der Waals surface area contributed by atoms with Gasteiger partial charge in [-0.2, -0.15) is 0 Å². The van der Waals surface area contributed by atoms with E-state index in [9.17, 15) is 0 Å². The van der Waals surface area contributed by atoms with Crippen molar-refractivity contribution in [2.75, 3.05) is 0 Å². The Morgan fingerprint density at radius 1 is 0.789 bits per heavy atom. The molecule has 90 valence electrons. The number of benzene rings is 2. The molecule has 0 unspecified atom stereocenters. The Balaban J connectivity index is 1.99. The summed E-state index contributed by atoms with van der Waals surface area (Å²) in [7, 11) is 0. The third-order valence-electron chi connectivity index (χ3n) is 3.46. The van der Waals surface area contributed by atoms with Crippen LogP contribution in [0.4, 0.5) is 0 Å². The zero-order chi connectivity index (χ0) is 12.7. The third kappa shape index (κ3) is 1.61. The molecule has 2 aromatic heterocycles. The monoisotopic (exact) mass is 244 g/mol. The second-order valence-corrected chi connectivity index (χ2v) is 4.64. The molecule has 0 radical (unpaired) electrons. The van der Waals surface area contributed by atoms with Crippen LogP contribution in [-0.2, 0) is 0 Å². The molecule has 0 aliphatic heterocycles. The van der Waals surface area contributed by atoms with E-state index in [1.807, 2.05) is 30.5 Å². The lowest BCUT2D eigenvalue weighted by Crippen LogP contribution is -1.83. The summed E-state index contributed by atoms with van der Waals surface area (Å²) in [6.45, 7) is 0. The summed E-state index contributed by atoms with van der Waals surface area (Å²) in [4.78, 5) is 8.04. The average Bonchev–Trinajstić information content (AvgIpc) is 2.91. The molecule has 4 aromatic rings. The van der Waals surface area contributed by atoms with Gasteiger partial charge in [-0.3, -0.25) is 0 Å². The molecule has 0 saturated heterocycles. The van der Waals surface area contributed by atoms with Crippen molar-refractivity contribution < 1.29 is 0 Å². The number of nitrogens with zero attached hydrogens (tertiary/aromatic N) is 1. The van der Waals surface area contributed by atoms with Crippen LogP contribution in [0.5, 0.6) is 0 Å². The Kier molecular flexibility index (Phi) is 2.15. The van der Waals surface area contributed by atoms with E-state index in [0.717, 1.165) is 22.3 Å². The standard InChI is InChI=1S/C17H12N2/c1-3-7-15-12(5-1)9-10-17(19-15)14-11-18-16-8-4-2-6-13(14)16/h1-11,18H. The van der Waals surface area contributed by atoms with Gasteiger partial charge in [-0.25, -0.2) is 4.98 Å². The summed E-state index contributed by atoms with van der Waals surface area (Å²) in [5, 5.41) is 2.39. The molecule has 0 saturated carbocycles. The van der Waals surface area contributed by atoms with Gasteiger partial charge in [-0.15, -0.1) is 0 Å². The number of rotatable bonds is 1. The maximum absolute atomic E-state index is 4.75. The van der Waals surface area contributed by atoms with E-state index >= 15 is 0 Å². The molecule has 0 bridgehead atoms. The Morgan fingerprint density at radius 2 is 1.63 bits per heavy atom. The fraction of sp³-hybridized carbons (Fsp3) is 0. The molecule has 2 heterocycles. The van der Waals surface area contributed by atoms with Crippen LogP contribution >= 0.6 is 0 Å². The van der Waals surface area contributed by atoms with Gasteiger partial charge in [-0.1, -0.05) is 42.5 Å². The minimum absolute atomic E-state index is 1.01. The van der Waals surface area contributed by atoms with Crippen molar-refractivity contribution in [3.8, 4) is 11.3 Å². The number of aromatic amines is 1. The van der Waals surface area contributed by atoms with Gasteiger partial charge in [0.2, 0.25) is 0 Å². The molecule has 2 aromatic carbocycles. The predicted molar refractivity (Wildman–Crippen MR) is 79.0 cm³/mol. The highest BCUT2D eigenvalue weighted by Crippen LogP contribution is 2.28. The maximum Gasteiger partial charge on any atom is 0.0731 e. The van der Waals surface area contributed by atoms with Gasteiger partial charge in [0.25, 0.3) is 0 Å². The maximum atomic E-state index is 4.75. The number of para-hydroxylation sites is 2. The smallest absolute Gasteiger partial charge is 0.0731 e. The molecule has 19 heavy (non-hydrogen) atoms. The summed E-state index contributed by atoms with van der Waals surface area (Å²) in [5.74, 6) is 0. The van der Waals surface area contributed by atoms with Crippen LogP contribution < -0.4 is 0 Å². The van der Waals surface area contributed by atoms with Crippen LogP contribution in [0.1, 0.15) is 0 Å². The molecule has 4 rings (SSSR count). The molecular formula is C17H12N2. The topological polar surface area (TPSA) is 28.7 Å². The normalized spacial score (nSPS) is 11.2. The number of aromatic nitrogens is 2. The van der Waals surface area contributed by atoms with Crippen molar-refractivity contribution in [1.29, 1.82) is 0 Å². The zero-order valence-electron chi connectivity index (χ0n) is 10.3. The number of H-pyrrole nitrogens is 1. The van der Waals surface area contributed by atoms with Gasteiger partial charge in [0.15, 0.2) is 0 Å². The van der Waals surface area contributed by atoms with Crippen LogP contribution in [-0.4, -0.2) is 9.97 Å². The first kappa shape index (κ1) is 10.3. The third-order valence-corrected chi connectivity index (χ3v) is 3.46. The highest BCUT2D eigenvalue weighted by Gasteiger charge is 2.07. The summed E-state index contributed by atoms with van der Waals surface area (Å²) >= 11 is 0. The molecule has 0 atom stereocenters. The molecule has 1 N–H and O–H groups in total. The van der Waals surface area contributed by atoms with Crippen LogP contribution in [0.15, 0.2) is 66.9 Å². The first-order valence-corrected chi connectivity index (χ1v) is 6.34. The quantitative estimate of drug-likeness (QED) is 0.528. The molecule has 2 nitrogen and oxygen atoms in total. The minimum Gasteiger partial charge on any atom is -0.360 e. The number of fused-ring (bicyclic) bond motifs is 2. The van der Waals surface area contributed by atoms with Crippen LogP contribution in [0.25, 0.3) is 33.1 Å². The van der Waals surface area contributed by atoms with Crippen LogP contribution in [0.3, 0.4) is 0 Å². The fourth-order valence-corrected chi connectivity index (χ4v) is 2.50. The van der Waals surface area contributed by atoms with Gasteiger partial charge in [-0.05, 0) is 18.2 Å². The van der Waals surface area contributed by atoms with Crippen LogP contribution in [0.2, 0.25) is 0 Å². The fourth-order valence-electron chi connectivity index (χ4n) is 2.50. The average molecular weight is 244 g/mol. The van der Waals surface area contributed by atoms with Gasteiger partial charge in [0, 0.05) is 28.0 Å². The van der Waals surface area contributed by atoms with E-state index in [1.165, 1.54) is 10.8 Å². The Morgan fingerprint density at radius 3 is 2.63 bits per heavy atom. The molecule has 0 aliphatic rings. The highest BCUT2D eigenvalue weighted by molar-refractivity contribution is 5.95. The first-order valence-electron chi connectivity index (χ1n) is 6.34. The summed E-state index contributed by atoms with van der Waals surface area (Å²) in [6.07, 6.45) is 2.03. The van der Waals surface area contributed by atoms with Gasteiger partial charge in [0.1, 0.15) is 0 Å².